The third kappa shape index (κ3) is 7.23. The molecule has 0 atom stereocenters. The predicted molar refractivity (Wildman–Crippen MR) is 119 cm³/mol. The number of aromatic nitrogens is 1. The fourth-order valence-electron chi connectivity index (χ4n) is 2.66. The van der Waals surface area contributed by atoms with Gasteiger partial charge >= 0.3 is 0 Å². The molecular weight excluding hydrogens is 441 g/mol. The molecular formula is C19H30IN5O. The number of nitrogens with zero attached hydrogens (tertiary/aromatic N) is 2. The van der Waals surface area contributed by atoms with Gasteiger partial charge in [-0.2, -0.15) is 0 Å². The highest BCUT2D eigenvalue weighted by Crippen LogP contribution is 2.15. The molecule has 1 amide bonds. The fourth-order valence-corrected chi connectivity index (χ4v) is 2.66. The summed E-state index contributed by atoms with van der Waals surface area (Å²) in [6, 6.07) is 10.6. The Labute approximate surface area is 172 Å². The molecule has 0 fully saturated rings. The second-order valence-corrected chi connectivity index (χ2v) is 5.95. The van der Waals surface area contributed by atoms with Crippen LogP contribution >= 0.6 is 24.0 Å². The van der Waals surface area contributed by atoms with Gasteiger partial charge in [0.15, 0.2) is 5.96 Å². The number of hydrogen-bond acceptors (Lipinski definition) is 2. The zero-order valence-corrected chi connectivity index (χ0v) is 18.0. The lowest BCUT2D eigenvalue weighted by Gasteiger charge is -2.12. The summed E-state index contributed by atoms with van der Waals surface area (Å²) in [5, 5.41) is 10.6. The molecule has 144 valence electrons. The van der Waals surface area contributed by atoms with Crippen molar-refractivity contribution in [3.8, 4) is 0 Å². The van der Waals surface area contributed by atoms with Gasteiger partial charge in [0.05, 0.1) is 0 Å². The molecule has 0 aliphatic heterocycles. The van der Waals surface area contributed by atoms with E-state index in [9.17, 15) is 4.79 Å². The third-order valence-electron chi connectivity index (χ3n) is 3.99. The van der Waals surface area contributed by atoms with Gasteiger partial charge in [0.2, 0.25) is 5.91 Å². The maximum atomic E-state index is 11.6. The molecule has 0 bridgehead atoms. The van der Waals surface area contributed by atoms with Crippen LogP contribution in [-0.2, 0) is 11.3 Å². The van der Waals surface area contributed by atoms with E-state index in [0.717, 1.165) is 38.4 Å². The molecule has 2 rings (SSSR count). The Morgan fingerprint density at radius 2 is 1.85 bits per heavy atom. The molecule has 0 aliphatic carbocycles. The SMILES string of the molecule is CCCNC(=O)CCNC(=NC)NCCCn1ccc2ccccc21.I. The minimum atomic E-state index is 0. The van der Waals surface area contributed by atoms with Gasteiger partial charge in [-0.3, -0.25) is 9.79 Å². The first kappa shape index (κ1) is 22.3. The number of carbonyl (C=O) groups excluding carboxylic acids is 1. The number of fused-ring (bicyclic) bond motifs is 1. The first-order chi connectivity index (χ1) is 12.2. The Morgan fingerprint density at radius 1 is 1.08 bits per heavy atom. The van der Waals surface area contributed by atoms with Crippen LogP contribution in [0, 0.1) is 0 Å². The lowest BCUT2D eigenvalue weighted by Crippen LogP contribution is -2.39. The molecule has 1 heterocycles. The van der Waals surface area contributed by atoms with Crippen LogP contribution in [0.5, 0.6) is 0 Å². The van der Waals surface area contributed by atoms with Crippen molar-refractivity contribution in [2.75, 3.05) is 26.7 Å². The van der Waals surface area contributed by atoms with Gasteiger partial charge in [-0.25, -0.2) is 0 Å². The van der Waals surface area contributed by atoms with Crippen molar-refractivity contribution in [2.24, 2.45) is 4.99 Å². The number of rotatable bonds is 9. The van der Waals surface area contributed by atoms with Crippen molar-refractivity contribution in [1.29, 1.82) is 0 Å². The largest absolute Gasteiger partial charge is 0.356 e. The number of benzene rings is 1. The maximum absolute atomic E-state index is 11.6. The number of aliphatic imine (C=N–C) groups is 1. The monoisotopic (exact) mass is 471 g/mol. The number of para-hydroxylation sites is 1. The Morgan fingerprint density at radius 3 is 2.62 bits per heavy atom. The number of halogens is 1. The van der Waals surface area contributed by atoms with Gasteiger partial charge < -0.3 is 20.5 Å². The Bertz CT molecular complexity index is 698. The van der Waals surface area contributed by atoms with Gasteiger partial charge in [0.25, 0.3) is 0 Å². The number of guanidine groups is 1. The second-order valence-electron chi connectivity index (χ2n) is 5.95. The predicted octanol–water partition coefficient (Wildman–Crippen LogP) is 2.73. The van der Waals surface area contributed by atoms with Crippen LogP contribution in [0.15, 0.2) is 41.5 Å². The second kappa shape index (κ2) is 12.6. The van der Waals surface area contributed by atoms with E-state index < -0.39 is 0 Å². The van der Waals surface area contributed by atoms with Crippen LogP contribution in [0.1, 0.15) is 26.2 Å². The number of carbonyl (C=O) groups is 1. The zero-order chi connectivity index (χ0) is 17.9. The van der Waals surface area contributed by atoms with E-state index in [1.54, 1.807) is 7.05 Å². The molecule has 3 N–H and O–H groups in total. The average molecular weight is 471 g/mol. The molecule has 0 unspecified atom stereocenters. The number of nitrogens with one attached hydrogen (secondary N) is 3. The average Bonchev–Trinajstić information content (AvgIpc) is 3.05. The lowest BCUT2D eigenvalue weighted by molar-refractivity contribution is -0.120. The summed E-state index contributed by atoms with van der Waals surface area (Å²) < 4.78 is 2.27. The third-order valence-corrected chi connectivity index (χ3v) is 3.99. The number of aryl methyl sites for hydroxylation is 1. The summed E-state index contributed by atoms with van der Waals surface area (Å²) in [7, 11) is 1.74. The van der Waals surface area contributed by atoms with Crippen molar-refractivity contribution in [3.63, 3.8) is 0 Å². The minimum Gasteiger partial charge on any atom is -0.356 e. The molecule has 0 saturated carbocycles. The van der Waals surface area contributed by atoms with E-state index in [4.69, 9.17) is 0 Å². The lowest BCUT2D eigenvalue weighted by atomic mass is 10.2. The standard InChI is InChI=1S/C19H29N5O.HI/c1-3-11-21-18(25)9-13-23-19(20-2)22-12-6-14-24-15-10-16-7-4-5-8-17(16)24;/h4-5,7-8,10,15H,3,6,9,11-14H2,1-2H3,(H,21,25)(H2,20,22,23);1H. The molecule has 1 aromatic carbocycles. The molecule has 1 aromatic heterocycles. The van der Waals surface area contributed by atoms with Gasteiger partial charge in [0.1, 0.15) is 0 Å². The van der Waals surface area contributed by atoms with Crippen LogP contribution in [-0.4, -0.2) is 43.1 Å². The van der Waals surface area contributed by atoms with Gasteiger partial charge in [-0.15, -0.1) is 24.0 Å². The number of hydrogen-bond donors (Lipinski definition) is 3. The summed E-state index contributed by atoms with van der Waals surface area (Å²) >= 11 is 0. The fraction of sp³-hybridized carbons (Fsp3) is 0.474. The van der Waals surface area contributed by atoms with Crippen molar-refractivity contribution in [3.05, 3.63) is 36.5 Å². The van der Waals surface area contributed by atoms with E-state index >= 15 is 0 Å². The summed E-state index contributed by atoms with van der Waals surface area (Å²) in [6.07, 6.45) is 4.54. The molecule has 2 aromatic rings. The molecule has 0 radical (unpaired) electrons. The maximum Gasteiger partial charge on any atom is 0.221 e. The van der Waals surface area contributed by atoms with Crippen molar-refractivity contribution in [2.45, 2.75) is 32.7 Å². The van der Waals surface area contributed by atoms with Gasteiger partial charge in [-0.05, 0) is 30.4 Å². The van der Waals surface area contributed by atoms with E-state index in [1.807, 2.05) is 6.92 Å². The first-order valence-corrected chi connectivity index (χ1v) is 8.99. The molecule has 0 spiro atoms. The summed E-state index contributed by atoms with van der Waals surface area (Å²) in [5.74, 6) is 0.810. The molecule has 6 nitrogen and oxygen atoms in total. The van der Waals surface area contributed by atoms with E-state index in [2.05, 4.69) is 62.0 Å². The Hall–Kier alpha value is -1.77. The van der Waals surface area contributed by atoms with Crippen LogP contribution in [0.4, 0.5) is 0 Å². The van der Waals surface area contributed by atoms with E-state index in [-0.39, 0.29) is 29.9 Å². The van der Waals surface area contributed by atoms with E-state index in [1.165, 1.54) is 10.9 Å². The highest BCUT2D eigenvalue weighted by Gasteiger charge is 2.02. The van der Waals surface area contributed by atoms with E-state index in [0.29, 0.717) is 13.0 Å². The molecule has 26 heavy (non-hydrogen) atoms. The Kier molecular flexibility index (Phi) is 10.8. The summed E-state index contributed by atoms with van der Waals surface area (Å²) in [6.45, 7) is 5.14. The molecule has 0 aliphatic rings. The first-order valence-electron chi connectivity index (χ1n) is 8.99. The Balaban J connectivity index is 0.00000338. The minimum absolute atomic E-state index is 0. The smallest absolute Gasteiger partial charge is 0.221 e. The van der Waals surface area contributed by atoms with Crippen molar-refractivity contribution >= 4 is 46.7 Å². The van der Waals surface area contributed by atoms with Crippen LogP contribution in [0.2, 0.25) is 0 Å². The van der Waals surface area contributed by atoms with Crippen molar-refractivity contribution < 1.29 is 4.79 Å². The van der Waals surface area contributed by atoms with Gasteiger partial charge in [0, 0.05) is 51.4 Å². The summed E-state index contributed by atoms with van der Waals surface area (Å²) in [4.78, 5) is 15.7. The quantitative estimate of drug-likeness (QED) is 0.228. The van der Waals surface area contributed by atoms with Crippen LogP contribution < -0.4 is 16.0 Å². The normalized spacial score (nSPS) is 11.1. The topological polar surface area (TPSA) is 70.4 Å². The zero-order valence-electron chi connectivity index (χ0n) is 15.6. The number of amides is 1. The summed E-state index contributed by atoms with van der Waals surface area (Å²) in [5.41, 5.74) is 1.27. The molecule has 0 saturated heterocycles. The van der Waals surface area contributed by atoms with Crippen LogP contribution in [0.3, 0.4) is 0 Å². The highest BCUT2D eigenvalue weighted by molar-refractivity contribution is 14.0. The molecule has 7 heteroatoms. The van der Waals surface area contributed by atoms with Crippen LogP contribution in [0.25, 0.3) is 10.9 Å². The van der Waals surface area contributed by atoms with Gasteiger partial charge in [-0.1, -0.05) is 25.1 Å². The highest BCUT2D eigenvalue weighted by atomic mass is 127. The van der Waals surface area contributed by atoms with Crippen molar-refractivity contribution in [1.82, 2.24) is 20.5 Å².